The van der Waals surface area contributed by atoms with Gasteiger partial charge in [-0.1, -0.05) is 30.3 Å². The molecule has 1 heterocycles. The molecule has 0 bridgehead atoms. The van der Waals surface area contributed by atoms with E-state index in [1.165, 1.54) is 18.3 Å². The predicted molar refractivity (Wildman–Crippen MR) is 122 cm³/mol. The third-order valence-electron chi connectivity index (χ3n) is 3.87. The van der Waals surface area contributed by atoms with Crippen LogP contribution in [0.4, 0.5) is 5.13 Å². The maximum atomic E-state index is 10.8. The molecule has 3 aromatic rings. The van der Waals surface area contributed by atoms with Crippen molar-refractivity contribution >= 4 is 44.6 Å². The van der Waals surface area contributed by atoms with Gasteiger partial charge in [-0.2, -0.15) is 5.10 Å². The van der Waals surface area contributed by atoms with Crippen molar-refractivity contribution in [2.75, 3.05) is 25.7 Å². The van der Waals surface area contributed by atoms with Crippen molar-refractivity contribution in [2.24, 2.45) is 5.10 Å². The molecule has 1 N–H and O–H groups in total. The first-order chi connectivity index (χ1) is 14.6. The van der Waals surface area contributed by atoms with Gasteiger partial charge in [0.25, 0.3) is 0 Å². The van der Waals surface area contributed by atoms with Crippen LogP contribution in [0.25, 0.3) is 11.3 Å². The molecule has 3 rings (SSSR count). The molecule has 1 aromatic heterocycles. The van der Waals surface area contributed by atoms with E-state index in [0.717, 1.165) is 21.3 Å². The minimum absolute atomic E-state index is 0.169. The maximum Gasteiger partial charge on any atom is 0.302 e. The number of anilines is 1. The standard InChI is InChI=1S/C21H20BrN3O4S/c1-14(26)28-8-9-29-20-11-17(22)16(10-19(20)27-2)12-23-25-21-24-18(13-30-21)15-6-4-3-5-7-15/h3-7,10-13H,8-9H2,1-2H3,(H,24,25). The zero-order valence-electron chi connectivity index (χ0n) is 16.4. The summed E-state index contributed by atoms with van der Waals surface area (Å²) >= 11 is 4.99. The Kier molecular flexibility index (Phi) is 7.81. The lowest BCUT2D eigenvalue weighted by atomic mass is 10.2. The number of hydrazone groups is 1. The number of aromatic nitrogens is 1. The van der Waals surface area contributed by atoms with Crippen LogP contribution in [0.2, 0.25) is 0 Å². The van der Waals surface area contributed by atoms with Crippen molar-refractivity contribution < 1.29 is 19.0 Å². The molecule has 2 aromatic carbocycles. The molecule has 7 nitrogen and oxygen atoms in total. The molecule has 0 amide bonds. The number of rotatable bonds is 9. The van der Waals surface area contributed by atoms with Crippen molar-refractivity contribution in [3.63, 3.8) is 0 Å². The molecule has 0 unspecified atom stereocenters. The lowest BCUT2D eigenvalue weighted by Gasteiger charge is -2.12. The van der Waals surface area contributed by atoms with Crippen LogP contribution < -0.4 is 14.9 Å². The summed E-state index contributed by atoms with van der Waals surface area (Å²) in [5.41, 5.74) is 5.71. The predicted octanol–water partition coefficient (Wildman–Crippen LogP) is 4.97. The summed E-state index contributed by atoms with van der Waals surface area (Å²) in [6.07, 6.45) is 1.67. The molecule has 30 heavy (non-hydrogen) atoms. The lowest BCUT2D eigenvalue weighted by Crippen LogP contribution is -2.10. The molecule has 156 valence electrons. The molecule has 0 aliphatic carbocycles. The van der Waals surface area contributed by atoms with Gasteiger partial charge in [-0.05, 0) is 28.1 Å². The number of carbonyl (C=O) groups is 1. The first-order valence-electron chi connectivity index (χ1n) is 9.00. The van der Waals surface area contributed by atoms with Gasteiger partial charge in [0.05, 0.1) is 19.0 Å². The van der Waals surface area contributed by atoms with Crippen molar-refractivity contribution in [1.29, 1.82) is 0 Å². The van der Waals surface area contributed by atoms with Gasteiger partial charge in [0.2, 0.25) is 5.13 Å². The zero-order valence-corrected chi connectivity index (χ0v) is 18.8. The van der Waals surface area contributed by atoms with E-state index in [4.69, 9.17) is 14.2 Å². The van der Waals surface area contributed by atoms with E-state index < -0.39 is 0 Å². The molecule has 0 aliphatic rings. The summed E-state index contributed by atoms with van der Waals surface area (Å²) in [5.74, 6) is 0.735. The van der Waals surface area contributed by atoms with Crippen LogP contribution in [0.5, 0.6) is 11.5 Å². The smallest absolute Gasteiger partial charge is 0.302 e. The maximum absolute atomic E-state index is 10.8. The molecule has 0 fully saturated rings. The fraction of sp³-hybridized carbons (Fsp3) is 0.190. The Labute approximate surface area is 186 Å². The highest BCUT2D eigenvalue weighted by Gasteiger charge is 2.10. The summed E-state index contributed by atoms with van der Waals surface area (Å²) in [4.78, 5) is 15.4. The van der Waals surface area contributed by atoms with Crippen LogP contribution in [0, 0.1) is 0 Å². The van der Waals surface area contributed by atoms with Crippen molar-refractivity contribution in [3.05, 3.63) is 57.9 Å². The van der Waals surface area contributed by atoms with E-state index in [9.17, 15) is 4.79 Å². The van der Waals surface area contributed by atoms with Crippen LogP contribution in [0.15, 0.2) is 57.4 Å². The second kappa shape index (κ2) is 10.7. The number of hydrogen-bond donors (Lipinski definition) is 1. The molecule has 0 atom stereocenters. The Morgan fingerprint density at radius 2 is 2.03 bits per heavy atom. The summed E-state index contributed by atoms with van der Waals surface area (Å²) in [7, 11) is 1.56. The number of benzene rings is 2. The Bertz CT molecular complexity index is 1020. The number of carbonyl (C=O) groups excluding carboxylic acids is 1. The normalized spacial score (nSPS) is 10.8. The van der Waals surface area contributed by atoms with Crippen molar-refractivity contribution in [3.8, 4) is 22.8 Å². The van der Waals surface area contributed by atoms with E-state index in [0.29, 0.717) is 16.6 Å². The van der Waals surface area contributed by atoms with E-state index >= 15 is 0 Å². The van der Waals surface area contributed by atoms with E-state index in [1.54, 1.807) is 25.5 Å². The number of hydrogen-bond acceptors (Lipinski definition) is 8. The molecule has 0 saturated carbocycles. The van der Waals surface area contributed by atoms with Crippen LogP contribution in [0.3, 0.4) is 0 Å². The number of thiazole rings is 1. The average Bonchev–Trinajstić information content (AvgIpc) is 3.22. The van der Waals surface area contributed by atoms with Crippen LogP contribution >= 0.6 is 27.3 Å². The molecular weight excluding hydrogens is 470 g/mol. The minimum Gasteiger partial charge on any atom is -0.493 e. The van der Waals surface area contributed by atoms with E-state index in [2.05, 4.69) is 31.4 Å². The molecule has 0 saturated heterocycles. The van der Waals surface area contributed by atoms with Gasteiger partial charge in [0.15, 0.2) is 11.5 Å². The van der Waals surface area contributed by atoms with Gasteiger partial charge in [0, 0.05) is 27.9 Å². The van der Waals surface area contributed by atoms with Crippen LogP contribution in [-0.4, -0.2) is 37.5 Å². The summed E-state index contributed by atoms with van der Waals surface area (Å²) in [5, 5.41) is 6.94. The zero-order chi connectivity index (χ0) is 21.3. The van der Waals surface area contributed by atoms with E-state index in [1.807, 2.05) is 35.7 Å². The third-order valence-corrected chi connectivity index (χ3v) is 5.30. The number of ether oxygens (including phenoxy) is 3. The highest BCUT2D eigenvalue weighted by atomic mass is 79.9. The minimum atomic E-state index is -0.345. The number of methoxy groups -OCH3 is 1. The highest BCUT2D eigenvalue weighted by molar-refractivity contribution is 9.10. The number of nitrogens with zero attached hydrogens (tertiary/aromatic N) is 2. The van der Waals surface area contributed by atoms with Gasteiger partial charge in [-0.15, -0.1) is 11.3 Å². The van der Waals surface area contributed by atoms with Crippen molar-refractivity contribution in [2.45, 2.75) is 6.92 Å². The first kappa shape index (κ1) is 21.8. The summed E-state index contributed by atoms with van der Waals surface area (Å²) in [6.45, 7) is 1.75. The number of nitrogens with one attached hydrogen (secondary N) is 1. The summed E-state index contributed by atoms with van der Waals surface area (Å²) < 4.78 is 16.7. The van der Waals surface area contributed by atoms with E-state index in [-0.39, 0.29) is 19.2 Å². The van der Waals surface area contributed by atoms with Crippen LogP contribution in [0.1, 0.15) is 12.5 Å². The Hall–Kier alpha value is -2.91. The number of esters is 1. The van der Waals surface area contributed by atoms with Crippen molar-refractivity contribution in [1.82, 2.24) is 4.98 Å². The largest absolute Gasteiger partial charge is 0.493 e. The SMILES string of the molecule is COc1cc(C=NNc2nc(-c3ccccc3)cs2)c(Br)cc1OCCOC(C)=O. The monoisotopic (exact) mass is 489 g/mol. The Balaban J connectivity index is 1.64. The molecular formula is C21H20BrN3O4S. The molecule has 0 radical (unpaired) electrons. The second-order valence-corrected chi connectivity index (χ2v) is 7.70. The fourth-order valence-electron chi connectivity index (χ4n) is 2.48. The first-order valence-corrected chi connectivity index (χ1v) is 10.7. The van der Waals surface area contributed by atoms with Crippen LogP contribution in [-0.2, 0) is 9.53 Å². The summed E-state index contributed by atoms with van der Waals surface area (Å²) in [6, 6.07) is 13.5. The topological polar surface area (TPSA) is 82.0 Å². The second-order valence-electron chi connectivity index (χ2n) is 5.99. The van der Waals surface area contributed by atoms with Gasteiger partial charge < -0.3 is 14.2 Å². The quantitative estimate of drug-likeness (QED) is 0.198. The Morgan fingerprint density at radius 1 is 1.23 bits per heavy atom. The van der Waals surface area contributed by atoms with Gasteiger partial charge in [-0.25, -0.2) is 4.98 Å². The Morgan fingerprint density at radius 3 is 2.77 bits per heavy atom. The average molecular weight is 490 g/mol. The van der Waals surface area contributed by atoms with Gasteiger partial charge >= 0.3 is 5.97 Å². The fourth-order valence-corrected chi connectivity index (χ4v) is 3.58. The molecule has 9 heteroatoms. The molecule has 0 aliphatic heterocycles. The van der Waals surface area contributed by atoms with Gasteiger partial charge in [0.1, 0.15) is 13.2 Å². The van der Waals surface area contributed by atoms with Gasteiger partial charge in [-0.3, -0.25) is 10.2 Å². The lowest BCUT2D eigenvalue weighted by molar-refractivity contribution is -0.141. The number of halogens is 1. The third kappa shape index (κ3) is 6.04. The molecule has 0 spiro atoms. The highest BCUT2D eigenvalue weighted by Crippen LogP contribution is 2.33.